The van der Waals surface area contributed by atoms with Gasteiger partial charge < -0.3 is 9.90 Å². The maximum atomic E-state index is 10.5. The summed E-state index contributed by atoms with van der Waals surface area (Å²) in [6, 6.07) is 0. The van der Waals surface area contributed by atoms with E-state index in [4.69, 9.17) is 0 Å². The highest BCUT2D eigenvalue weighted by molar-refractivity contribution is 6.92. The van der Waals surface area contributed by atoms with E-state index in [1.807, 2.05) is 0 Å². The van der Waals surface area contributed by atoms with Crippen molar-refractivity contribution < 1.29 is 14.7 Å². The van der Waals surface area contributed by atoms with E-state index in [1.165, 1.54) is 0 Å². The Morgan fingerprint density at radius 1 is 1.60 bits per heavy atom. The molecule has 0 aliphatic carbocycles. The van der Waals surface area contributed by atoms with Gasteiger partial charge in [-0.2, -0.15) is 0 Å². The summed E-state index contributed by atoms with van der Waals surface area (Å²) in [5, 5.41) is 10.0. The minimum atomic E-state index is -1.38. The average molecular weight is 163 g/mol. The summed E-state index contributed by atoms with van der Waals surface area (Å²) in [5.74, 6) is -0.338. The largest absolute Gasteiger partial charge is 0.530 e. The van der Waals surface area contributed by atoms with Gasteiger partial charge in [0.1, 0.15) is 6.09 Å². The lowest BCUT2D eigenvalue weighted by Crippen LogP contribution is -2.41. The lowest BCUT2D eigenvalue weighted by molar-refractivity contribution is -0.262. The highest BCUT2D eigenvalue weighted by atomic mass is 31.0. The van der Waals surface area contributed by atoms with Gasteiger partial charge >= 0.3 is 0 Å². The number of carbonyl (C=O) groups is 2. The van der Waals surface area contributed by atoms with Gasteiger partial charge in [-0.1, -0.05) is 0 Å². The van der Waals surface area contributed by atoms with Crippen LogP contribution in [0.4, 0.5) is 4.79 Å². The highest BCUT2D eigenvalue weighted by Gasteiger charge is 2.20. The maximum Gasteiger partial charge on any atom is 0.227 e. The van der Waals surface area contributed by atoms with Gasteiger partial charge in [0.15, 0.2) is 0 Å². The molecule has 2 amide bonds. The van der Waals surface area contributed by atoms with Crippen molar-refractivity contribution in [2.24, 2.45) is 0 Å². The lowest BCUT2D eigenvalue weighted by Gasteiger charge is -2.14. The van der Waals surface area contributed by atoms with E-state index < -0.39 is 6.09 Å². The standard InChI is InChI=1S/C5H7NO3.H3P/c7-4-2-1-3-6(4)5(8)9;/h1-3H2,(H,8,9);1H3. The van der Waals surface area contributed by atoms with Crippen LogP contribution in [0.25, 0.3) is 0 Å². The first-order chi connectivity index (χ1) is 4.22. The van der Waals surface area contributed by atoms with E-state index in [0.29, 0.717) is 19.4 Å². The van der Waals surface area contributed by atoms with Crippen molar-refractivity contribution >= 4 is 21.9 Å². The molecule has 0 aromatic heterocycles. The van der Waals surface area contributed by atoms with E-state index in [2.05, 4.69) is 0 Å². The number of rotatable bonds is 0. The van der Waals surface area contributed by atoms with Gasteiger partial charge in [0.05, 0.1) is 0 Å². The van der Waals surface area contributed by atoms with Gasteiger partial charge in [0.25, 0.3) is 0 Å². The molecule has 0 aromatic carbocycles. The van der Waals surface area contributed by atoms with Crippen LogP contribution in [0.3, 0.4) is 0 Å². The normalized spacial score (nSPS) is 16.8. The van der Waals surface area contributed by atoms with Gasteiger partial charge in [-0.15, -0.1) is 0 Å². The molecule has 1 fully saturated rings. The Morgan fingerprint density at radius 3 is 2.40 bits per heavy atom. The Bertz CT molecular complexity index is 159. The summed E-state index contributed by atoms with van der Waals surface area (Å²) in [6.45, 7) is 0.307. The molecule has 5 heteroatoms. The monoisotopic (exact) mass is 163 g/mol. The molecule has 1 saturated heterocycles. The number of hydrogen-bond donors (Lipinski definition) is 0. The van der Waals surface area contributed by atoms with Gasteiger partial charge in [-0.25, -0.2) is 0 Å². The molecule has 1 heterocycles. The number of amides is 2. The molecule has 0 aromatic rings. The molecule has 0 spiro atoms. The zero-order valence-corrected chi connectivity index (χ0v) is 7.79. The van der Waals surface area contributed by atoms with E-state index in [1.54, 1.807) is 0 Å². The zero-order valence-electron chi connectivity index (χ0n) is 5.79. The fourth-order valence-corrected chi connectivity index (χ4v) is 0.841. The quantitative estimate of drug-likeness (QED) is 0.419. The molecule has 1 atom stereocenters. The van der Waals surface area contributed by atoms with Crippen LogP contribution in [0.5, 0.6) is 0 Å². The van der Waals surface area contributed by atoms with Crippen LogP contribution in [0.15, 0.2) is 0 Å². The molecule has 1 unspecified atom stereocenters. The second-order valence-electron chi connectivity index (χ2n) is 1.91. The minimum Gasteiger partial charge on any atom is -0.530 e. The topological polar surface area (TPSA) is 60.4 Å². The van der Waals surface area contributed by atoms with Crippen molar-refractivity contribution in [3.05, 3.63) is 0 Å². The summed E-state index contributed by atoms with van der Waals surface area (Å²) in [7, 11) is 0. The van der Waals surface area contributed by atoms with Crippen molar-refractivity contribution in [1.82, 2.24) is 4.90 Å². The Hall–Kier alpha value is -0.630. The average Bonchev–Trinajstić information content (AvgIpc) is 2.13. The Morgan fingerprint density at radius 2 is 2.20 bits per heavy atom. The van der Waals surface area contributed by atoms with Crippen LogP contribution in [0.2, 0.25) is 0 Å². The zero-order chi connectivity index (χ0) is 6.85. The van der Waals surface area contributed by atoms with Crippen LogP contribution in [0.1, 0.15) is 12.8 Å². The first-order valence-electron chi connectivity index (χ1n) is 2.73. The maximum absolute atomic E-state index is 10.5. The summed E-state index contributed by atoms with van der Waals surface area (Å²) in [4.78, 5) is 21.3. The molecule has 58 valence electrons. The molecular weight excluding hydrogens is 153 g/mol. The molecule has 0 N–H and O–H groups in total. The van der Waals surface area contributed by atoms with Crippen LogP contribution in [-0.2, 0) is 4.79 Å². The van der Waals surface area contributed by atoms with E-state index in [9.17, 15) is 14.7 Å². The van der Waals surface area contributed by atoms with Crippen molar-refractivity contribution in [3.8, 4) is 0 Å². The Kier molecular flexibility index (Phi) is 3.30. The molecule has 10 heavy (non-hydrogen) atoms. The second-order valence-corrected chi connectivity index (χ2v) is 1.91. The molecule has 4 nitrogen and oxygen atoms in total. The predicted octanol–water partition coefficient (Wildman–Crippen LogP) is -1.26. The van der Waals surface area contributed by atoms with Gasteiger partial charge in [0, 0.05) is 13.0 Å². The first-order valence-corrected chi connectivity index (χ1v) is 2.73. The SMILES string of the molecule is O=C([O-])N1CCCC1=O.[PH4+]. The third-order valence-electron chi connectivity index (χ3n) is 1.29. The molecule has 1 aliphatic heterocycles. The van der Waals surface area contributed by atoms with Crippen molar-refractivity contribution in [2.75, 3.05) is 6.54 Å². The second kappa shape index (κ2) is 3.52. The van der Waals surface area contributed by atoms with Crippen LogP contribution in [0, 0.1) is 0 Å². The van der Waals surface area contributed by atoms with Crippen LogP contribution >= 0.6 is 9.90 Å². The molecule has 0 saturated carbocycles. The van der Waals surface area contributed by atoms with Crippen LogP contribution in [-0.4, -0.2) is 23.4 Å². The number of nitrogens with zero attached hydrogens (tertiary/aromatic N) is 1. The fraction of sp³-hybridized carbons (Fsp3) is 0.600. The minimum absolute atomic E-state index is 0. The van der Waals surface area contributed by atoms with Gasteiger partial charge in [0.2, 0.25) is 5.91 Å². The number of carboxylic acid groups (broad SMARTS) is 1. The summed E-state index contributed by atoms with van der Waals surface area (Å²) in [6.07, 6.45) is -0.404. The summed E-state index contributed by atoms with van der Waals surface area (Å²) in [5.41, 5.74) is 0. The molecule has 1 rings (SSSR count). The van der Waals surface area contributed by atoms with Crippen molar-refractivity contribution in [3.63, 3.8) is 0 Å². The Labute approximate surface area is 61.8 Å². The van der Waals surface area contributed by atoms with Gasteiger partial charge in [-0.3, -0.25) is 9.69 Å². The molecule has 1 aliphatic rings. The highest BCUT2D eigenvalue weighted by Crippen LogP contribution is 2.07. The number of hydrogen-bond acceptors (Lipinski definition) is 3. The summed E-state index contributed by atoms with van der Waals surface area (Å²) >= 11 is 0. The van der Waals surface area contributed by atoms with Crippen molar-refractivity contribution in [1.29, 1.82) is 0 Å². The molecule has 0 radical (unpaired) electrons. The summed E-state index contributed by atoms with van der Waals surface area (Å²) < 4.78 is 0. The molecule has 0 bridgehead atoms. The fourth-order valence-electron chi connectivity index (χ4n) is 0.841. The third kappa shape index (κ3) is 1.67. The lowest BCUT2D eigenvalue weighted by atomic mass is 10.4. The number of likely N-dealkylation sites (tertiary alicyclic amines) is 1. The number of carbonyl (C=O) groups excluding carboxylic acids is 2. The van der Waals surface area contributed by atoms with E-state index in [0.717, 1.165) is 4.90 Å². The van der Waals surface area contributed by atoms with E-state index >= 15 is 0 Å². The Balaban J connectivity index is 0.000000810. The predicted molar refractivity (Wildman–Crippen MR) is 38.8 cm³/mol. The first kappa shape index (κ1) is 9.37. The third-order valence-corrected chi connectivity index (χ3v) is 1.29. The smallest absolute Gasteiger partial charge is 0.227 e. The van der Waals surface area contributed by atoms with E-state index in [-0.39, 0.29) is 15.8 Å². The van der Waals surface area contributed by atoms with Crippen molar-refractivity contribution in [2.45, 2.75) is 12.8 Å². The number of imide groups is 1. The van der Waals surface area contributed by atoms with Crippen LogP contribution < -0.4 is 5.11 Å². The van der Waals surface area contributed by atoms with Gasteiger partial charge in [-0.05, 0) is 16.3 Å². The molecular formula is C5H10NO3P.